The van der Waals surface area contributed by atoms with Gasteiger partial charge in [-0.3, -0.25) is 0 Å². The highest BCUT2D eigenvalue weighted by Gasteiger charge is 2.26. The topological polar surface area (TPSA) is 72.8 Å². The third-order valence-electron chi connectivity index (χ3n) is 3.45. The molecule has 0 fully saturated rings. The number of carboxylic acids is 1. The van der Waals surface area contributed by atoms with Gasteiger partial charge in [-0.05, 0) is 54.5 Å². The number of carbonyl (C=O) groups is 2. The molecule has 2 aromatic rings. The molecule has 0 aliphatic heterocycles. The van der Waals surface area contributed by atoms with Crippen molar-refractivity contribution in [1.29, 1.82) is 0 Å². The number of hydrogen-bond acceptors (Lipinski definition) is 4. The lowest BCUT2D eigenvalue weighted by molar-refractivity contribution is -0.136. The van der Waals surface area contributed by atoms with Gasteiger partial charge in [0.1, 0.15) is 11.5 Å². The van der Waals surface area contributed by atoms with Gasteiger partial charge in [0.15, 0.2) is 0 Å². The standard InChI is InChI=1S/C20H17F3O5/c21-20(22,23)11-2-12-27-16-8-6-15(7-9-16)19(26)28-17-4-1-3-14(13-17)5-10-18(24)25/h1,3-10,13H,2,11-12H2,(H,24,25)/b10-5+. The monoisotopic (exact) mass is 394 g/mol. The first kappa shape index (κ1) is 21.0. The molecule has 0 radical (unpaired) electrons. The Balaban J connectivity index is 1.91. The fraction of sp³-hybridized carbons (Fsp3) is 0.200. The summed E-state index contributed by atoms with van der Waals surface area (Å²) in [4.78, 5) is 22.7. The van der Waals surface area contributed by atoms with E-state index in [4.69, 9.17) is 14.6 Å². The van der Waals surface area contributed by atoms with Crippen LogP contribution in [0.15, 0.2) is 54.6 Å². The number of benzene rings is 2. The van der Waals surface area contributed by atoms with Crippen LogP contribution in [-0.2, 0) is 4.79 Å². The predicted molar refractivity (Wildman–Crippen MR) is 95.3 cm³/mol. The Kier molecular flexibility index (Phi) is 7.20. The zero-order valence-electron chi connectivity index (χ0n) is 14.6. The quantitative estimate of drug-likeness (QED) is 0.303. The van der Waals surface area contributed by atoms with E-state index < -0.39 is 24.5 Å². The van der Waals surface area contributed by atoms with Gasteiger partial charge in [0.05, 0.1) is 12.2 Å². The van der Waals surface area contributed by atoms with Gasteiger partial charge < -0.3 is 14.6 Å². The molecule has 0 atom stereocenters. The molecule has 5 nitrogen and oxygen atoms in total. The lowest BCUT2D eigenvalue weighted by Crippen LogP contribution is -2.10. The van der Waals surface area contributed by atoms with Gasteiger partial charge in [-0.1, -0.05) is 12.1 Å². The molecule has 1 N–H and O–H groups in total. The van der Waals surface area contributed by atoms with Crippen molar-refractivity contribution in [3.8, 4) is 11.5 Å². The molecule has 0 amide bonds. The molecule has 0 aliphatic rings. The van der Waals surface area contributed by atoms with Crippen LogP contribution in [0.3, 0.4) is 0 Å². The second-order valence-electron chi connectivity index (χ2n) is 5.73. The molecule has 2 aromatic carbocycles. The fourth-order valence-electron chi connectivity index (χ4n) is 2.17. The van der Waals surface area contributed by atoms with E-state index in [0.717, 1.165) is 6.08 Å². The summed E-state index contributed by atoms with van der Waals surface area (Å²) >= 11 is 0. The summed E-state index contributed by atoms with van der Waals surface area (Å²) in [5, 5.41) is 8.63. The first-order chi connectivity index (χ1) is 13.2. The van der Waals surface area contributed by atoms with Gasteiger partial charge in [0.2, 0.25) is 0 Å². The number of ether oxygens (including phenoxy) is 2. The summed E-state index contributed by atoms with van der Waals surface area (Å²) in [5.41, 5.74) is 0.782. The average Bonchev–Trinajstić information content (AvgIpc) is 2.63. The fourth-order valence-corrected chi connectivity index (χ4v) is 2.17. The predicted octanol–water partition coefficient (Wildman–Crippen LogP) is 4.72. The summed E-state index contributed by atoms with van der Waals surface area (Å²) in [6, 6.07) is 12.1. The molecule has 0 saturated heterocycles. The second kappa shape index (κ2) is 9.59. The van der Waals surface area contributed by atoms with Gasteiger partial charge in [-0.15, -0.1) is 0 Å². The molecule has 28 heavy (non-hydrogen) atoms. The van der Waals surface area contributed by atoms with Crippen molar-refractivity contribution in [2.24, 2.45) is 0 Å². The number of esters is 1. The molecule has 0 heterocycles. The Labute approximate surface area is 159 Å². The molecule has 0 bridgehead atoms. The first-order valence-electron chi connectivity index (χ1n) is 8.26. The van der Waals surface area contributed by atoms with Crippen LogP contribution in [0.25, 0.3) is 6.08 Å². The molecule has 0 aromatic heterocycles. The molecule has 148 valence electrons. The number of hydrogen-bond donors (Lipinski definition) is 1. The van der Waals surface area contributed by atoms with Gasteiger partial charge in [-0.25, -0.2) is 9.59 Å². The van der Waals surface area contributed by atoms with Crippen LogP contribution in [0, 0.1) is 0 Å². The van der Waals surface area contributed by atoms with E-state index in [9.17, 15) is 22.8 Å². The SMILES string of the molecule is O=C(O)/C=C/c1cccc(OC(=O)c2ccc(OCCCC(F)(F)F)cc2)c1. The minimum absolute atomic E-state index is 0.0834. The Morgan fingerprint density at radius 3 is 2.39 bits per heavy atom. The summed E-state index contributed by atoms with van der Waals surface area (Å²) < 4.78 is 46.7. The number of carboxylic acid groups (broad SMARTS) is 1. The van der Waals surface area contributed by atoms with Crippen LogP contribution in [0.4, 0.5) is 13.2 Å². The third-order valence-corrected chi connectivity index (χ3v) is 3.45. The largest absolute Gasteiger partial charge is 0.494 e. The normalized spacial score (nSPS) is 11.4. The minimum atomic E-state index is -4.21. The summed E-state index contributed by atoms with van der Waals surface area (Å²) in [5.74, 6) is -1.14. The number of aliphatic carboxylic acids is 1. The Bertz CT molecular complexity index is 842. The van der Waals surface area contributed by atoms with E-state index in [1.165, 1.54) is 36.4 Å². The van der Waals surface area contributed by atoms with Crippen molar-refractivity contribution < 1.29 is 37.3 Å². The number of carbonyl (C=O) groups excluding carboxylic acids is 1. The minimum Gasteiger partial charge on any atom is -0.494 e. The lowest BCUT2D eigenvalue weighted by Gasteiger charge is -2.09. The first-order valence-corrected chi connectivity index (χ1v) is 8.26. The Morgan fingerprint density at radius 1 is 1.04 bits per heavy atom. The molecular formula is C20H17F3O5. The summed E-state index contributed by atoms with van der Waals surface area (Å²) in [6.07, 6.45) is -2.95. The molecule has 0 saturated carbocycles. The van der Waals surface area contributed by atoms with E-state index in [-0.39, 0.29) is 24.3 Å². The second-order valence-corrected chi connectivity index (χ2v) is 5.73. The van der Waals surface area contributed by atoms with Crippen molar-refractivity contribution >= 4 is 18.0 Å². The van der Waals surface area contributed by atoms with E-state index in [1.807, 2.05) is 0 Å². The van der Waals surface area contributed by atoms with Gasteiger partial charge in [0, 0.05) is 12.5 Å². The zero-order chi connectivity index (χ0) is 20.6. The van der Waals surface area contributed by atoms with Gasteiger partial charge in [-0.2, -0.15) is 13.2 Å². The highest BCUT2D eigenvalue weighted by molar-refractivity contribution is 5.91. The van der Waals surface area contributed by atoms with Crippen molar-refractivity contribution in [1.82, 2.24) is 0 Å². The maximum Gasteiger partial charge on any atom is 0.389 e. The number of halogens is 3. The lowest BCUT2D eigenvalue weighted by atomic mass is 10.2. The molecular weight excluding hydrogens is 377 g/mol. The van der Waals surface area contributed by atoms with Crippen LogP contribution in [-0.4, -0.2) is 29.8 Å². The summed E-state index contributed by atoms with van der Waals surface area (Å²) in [6.45, 7) is -0.0834. The molecule has 8 heteroatoms. The molecule has 0 unspecified atom stereocenters. The van der Waals surface area contributed by atoms with Crippen molar-refractivity contribution in [3.05, 3.63) is 65.7 Å². The van der Waals surface area contributed by atoms with E-state index >= 15 is 0 Å². The number of alkyl halides is 3. The average molecular weight is 394 g/mol. The van der Waals surface area contributed by atoms with Crippen LogP contribution in [0.1, 0.15) is 28.8 Å². The van der Waals surface area contributed by atoms with Gasteiger partial charge >= 0.3 is 18.1 Å². The molecule has 0 aliphatic carbocycles. The van der Waals surface area contributed by atoms with Crippen LogP contribution in [0.5, 0.6) is 11.5 Å². The molecule has 0 spiro atoms. The molecule has 2 rings (SSSR count). The smallest absolute Gasteiger partial charge is 0.389 e. The maximum atomic E-state index is 12.2. The number of rotatable bonds is 8. The van der Waals surface area contributed by atoms with Crippen LogP contribution < -0.4 is 9.47 Å². The van der Waals surface area contributed by atoms with Crippen molar-refractivity contribution in [2.45, 2.75) is 19.0 Å². The highest BCUT2D eigenvalue weighted by Crippen LogP contribution is 2.22. The van der Waals surface area contributed by atoms with Crippen molar-refractivity contribution in [2.75, 3.05) is 6.61 Å². The Morgan fingerprint density at radius 2 is 1.75 bits per heavy atom. The highest BCUT2D eigenvalue weighted by atomic mass is 19.4. The van der Waals surface area contributed by atoms with Crippen molar-refractivity contribution in [3.63, 3.8) is 0 Å². The zero-order valence-corrected chi connectivity index (χ0v) is 14.6. The van der Waals surface area contributed by atoms with E-state index in [2.05, 4.69) is 0 Å². The Hall–Kier alpha value is -3.29. The summed E-state index contributed by atoms with van der Waals surface area (Å²) in [7, 11) is 0. The van der Waals surface area contributed by atoms with Crippen LogP contribution in [0.2, 0.25) is 0 Å². The third kappa shape index (κ3) is 7.53. The maximum absolute atomic E-state index is 12.2. The van der Waals surface area contributed by atoms with Gasteiger partial charge in [0.25, 0.3) is 0 Å². The van der Waals surface area contributed by atoms with Crippen LogP contribution >= 0.6 is 0 Å². The van der Waals surface area contributed by atoms with E-state index in [0.29, 0.717) is 11.3 Å². The van der Waals surface area contributed by atoms with E-state index in [1.54, 1.807) is 18.2 Å².